The Kier molecular flexibility index (Phi) is 16.5. The van der Waals surface area contributed by atoms with E-state index in [2.05, 4.69) is 38.4 Å². The second kappa shape index (κ2) is 21.9. The van der Waals surface area contributed by atoms with Crippen LogP contribution < -0.4 is 30.7 Å². The highest BCUT2D eigenvalue weighted by Crippen LogP contribution is 2.45. The number of rotatable bonds is 6. The molecule has 4 aromatic carbocycles. The zero-order valence-electron chi connectivity index (χ0n) is 37.1. The number of carbonyl (C=O) groups excluding carboxylic acids is 5. The van der Waals surface area contributed by atoms with Crippen molar-refractivity contribution < 1.29 is 47.7 Å². The first-order valence-corrected chi connectivity index (χ1v) is 21.2. The second-order valence-electron chi connectivity index (χ2n) is 17.0. The number of methoxy groups -OCH3 is 1. The average molecular weight is 866 g/mol. The minimum atomic E-state index is -1.05. The molecule has 1 aliphatic rings. The van der Waals surface area contributed by atoms with Crippen molar-refractivity contribution in [3.63, 3.8) is 0 Å². The van der Waals surface area contributed by atoms with Crippen LogP contribution in [0.5, 0.6) is 11.5 Å². The molecule has 0 fully saturated rings. The first-order valence-electron chi connectivity index (χ1n) is 21.2. The largest absolute Gasteiger partial charge is 0.493 e. The Balaban J connectivity index is 1.36. The second-order valence-corrected chi connectivity index (χ2v) is 17.0. The number of esters is 1. The van der Waals surface area contributed by atoms with E-state index in [0.29, 0.717) is 30.8 Å². The molecule has 0 spiro atoms. The Hall–Kier alpha value is -6.64. The smallest absolute Gasteiger partial charge is 0.414 e. The number of hydrogen-bond donors (Lipinski definition) is 4. The maximum Gasteiger partial charge on any atom is 0.414 e. The molecule has 5 rings (SSSR count). The number of fused-ring (bicyclic) bond motifs is 7. The summed E-state index contributed by atoms with van der Waals surface area (Å²) in [6.07, 6.45) is 3.31. The molecular weight excluding hydrogens is 807 g/mol. The van der Waals surface area contributed by atoms with Crippen molar-refractivity contribution in [1.29, 1.82) is 0 Å². The molecule has 4 N–H and O–H groups in total. The number of ether oxygens (including phenoxy) is 5. The maximum absolute atomic E-state index is 13.8. The third kappa shape index (κ3) is 14.5. The van der Waals surface area contributed by atoms with Gasteiger partial charge in [0, 0.05) is 24.1 Å². The van der Waals surface area contributed by atoms with E-state index in [4.69, 9.17) is 23.7 Å². The standard InChI is InChI=1S/C48H59N5O10/c1-47(2,3)62-45(57)52-44(53-46(58)63-48(4,5)6)49-28-14-12-21-35-42(55)51-36(43(56)59-7)22-13-15-29-60-37-26-24-31-17-8-10-19-33(31)40(37)41-34-20-11-9-18-32(34)25-27-38(41)61-30-16-23-39(54)50-35/h8-11,13,15,17-20,24-27,35-36H,12,14,16,21-23,28-30H2,1-7H3,(H,50,54)(H,51,55)(H2,49,52,53,57,58)/t35-,36+/m1/s1. The van der Waals surface area contributed by atoms with Crippen molar-refractivity contribution in [1.82, 2.24) is 21.3 Å². The lowest BCUT2D eigenvalue weighted by Crippen LogP contribution is -2.51. The van der Waals surface area contributed by atoms with E-state index in [-0.39, 0.29) is 50.9 Å². The van der Waals surface area contributed by atoms with Gasteiger partial charge >= 0.3 is 18.2 Å². The van der Waals surface area contributed by atoms with Crippen molar-refractivity contribution in [2.24, 2.45) is 4.99 Å². The van der Waals surface area contributed by atoms with Gasteiger partial charge in [-0.3, -0.25) is 25.2 Å². The number of benzene rings is 4. The summed E-state index contributed by atoms with van der Waals surface area (Å²) in [6, 6.07) is 22.0. The lowest BCUT2D eigenvalue weighted by molar-refractivity contribution is -0.145. The van der Waals surface area contributed by atoms with E-state index in [1.807, 2.05) is 60.7 Å². The molecule has 0 radical (unpaired) electrons. The SMILES string of the molecule is COC(=O)[C@@H]1CC=CCOc2ccc3ccccc3c2-c2c(ccc3ccccc23)OCCCC(=O)N[C@H](CCCCN=C(NC(=O)OC(C)(C)C)NC(=O)OC(C)(C)C)C(=O)N1. The van der Waals surface area contributed by atoms with Crippen LogP contribution in [-0.4, -0.2) is 86.1 Å². The van der Waals surface area contributed by atoms with Crippen molar-refractivity contribution in [2.45, 2.75) is 103 Å². The Morgan fingerprint density at radius 1 is 0.746 bits per heavy atom. The molecule has 0 saturated carbocycles. The molecule has 0 unspecified atom stereocenters. The number of nitrogens with one attached hydrogen (secondary N) is 4. The monoisotopic (exact) mass is 865 g/mol. The van der Waals surface area contributed by atoms with Crippen LogP contribution in [0.2, 0.25) is 0 Å². The van der Waals surface area contributed by atoms with Gasteiger partial charge in [-0.2, -0.15) is 0 Å². The number of amides is 4. The fourth-order valence-corrected chi connectivity index (χ4v) is 6.84. The predicted molar refractivity (Wildman–Crippen MR) is 242 cm³/mol. The van der Waals surface area contributed by atoms with E-state index in [0.717, 1.165) is 32.7 Å². The molecule has 15 heteroatoms. The first-order chi connectivity index (χ1) is 30.0. The topological polar surface area (TPSA) is 192 Å². The third-order valence-electron chi connectivity index (χ3n) is 9.57. The molecule has 4 amide bonds. The van der Waals surface area contributed by atoms with Gasteiger partial charge in [0.25, 0.3) is 0 Å². The Morgan fingerprint density at radius 3 is 1.89 bits per heavy atom. The van der Waals surface area contributed by atoms with E-state index in [9.17, 15) is 24.0 Å². The lowest BCUT2D eigenvalue weighted by atomic mass is 9.92. The van der Waals surface area contributed by atoms with Gasteiger partial charge in [-0.25, -0.2) is 14.4 Å². The number of nitrogens with zero attached hydrogens (tertiary/aromatic N) is 1. The number of unbranched alkanes of at least 4 members (excludes halogenated alkanes) is 1. The van der Waals surface area contributed by atoms with Crippen molar-refractivity contribution in [3.8, 4) is 22.6 Å². The van der Waals surface area contributed by atoms with E-state index in [1.165, 1.54) is 7.11 Å². The summed E-state index contributed by atoms with van der Waals surface area (Å²) in [5.74, 6) is -0.502. The molecule has 1 aliphatic heterocycles. The van der Waals surface area contributed by atoms with Crippen LogP contribution in [-0.2, 0) is 28.6 Å². The van der Waals surface area contributed by atoms with Crippen LogP contribution in [0.3, 0.4) is 0 Å². The van der Waals surface area contributed by atoms with Crippen LogP contribution in [0.15, 0.2) is 89.9 Å². The van der Waals surface area contributed by atoms with E-state index in [1.54, 1.807) is 53.7 Å². The number of aliphatic imine (C=N–C) groups is 1. The summed E-state index contributed by atoms with van der Waals surface area (Å²) in [5, 5.41) is 14.5. The quantitative estimate of drug-likeness (QED) is 0.0370. The Morgan fingerprint density at radius 2 is 1.32 bits per heavy atom. The summed E-state index contributed by atoms with van der Waals surface area (Å²) in [7, 11) is 1.24. The minimum Gasteiger partial charge on any atom is -0.493 e. The summed E-state index contributed by atoms with van der Waals surface area (Å²) in [5.41, 5.74) is 0.127. The highest BCUT2D eigenvalue weighted by Gasteiger charge is 2.27. The maximum atomic E-state index is 13.8. The molecule has 0 bridgehead atoms. The first kappa shape index (κ1) is 47.4. The Bertz CT molecular complexity index is 2300. The van der Waals surface area contributed by atoms with Gasteiger partial charge in [0.15, 0.2) is 0 Å². The molecule has 15 nitrogen and oxygen atoms in total. The van der Waals surface area contributed by atoms with Gasteiger partial charge < -0.3 is 34.3 Å². The zero-order valence-corrected chi connectivity index (χ0v) is 37.1. The number of guanidine groups is 1. The summed E-state index contributed by atoms with van der Waals surface area (Å²) < 4.78 is 28.6. The molecule has 63 heavy (non-hydrogen) atoms. The molecule has 4 aromatic rings. The lowest BCUT2D eigenvalue weighted by Gasteiger charge is -2.22. The molecule has 336 valence electrons. The third-order valence-corrected chi connectivity index (χ3v) is 9.57. The number of alkyl carbamates (subject to hydrolysis) is 2. The van der Waals surface area contributed by atoms with Crippen LogP contribution in [0.4, 0.5) is 9.59 Å². The van der Waals surface area contributed by atoms with Crippen molar-refractivity contribution in [3.05, 3.63) is 84.9 Å². The van der Waals surface area contributed by atoms with Gasteiger partial charge in [0.05, 0.1) is 13.7 Å². The van der Waals surface area contributed by atoms with Gasteiger partial charge in [-0.15, -0.1) is 0 Å². The van der Waals surface area contributed by atoms with Gasteiger partial charge in [0.1, 0.15) is 41.4 Å². The molecular formula is C48H59N5O10. The number of hydrogen-bond acceptors (Lipinski definition) is 11. The van der Waals surface area contributed by atoms with Gasteiger partial charge in [-0.05, 0) is 107 Å². The number of carbonyl (C=O) groups is 5. The fourth-order valence-electron chi connectivity index (χ4n) is 6.84. The predicted octanol–water partition coefficient (Wildman–Crippen LogP) is 7.88. The van der Waals surface area contributed by atoms with Crippen LogP contribution in [0.1, 0.15) is 80.1 Å². The summed E-state index contributed by atoms with van der Waals surface area (Å²) >= 11 is 0. The molecule has 1 heterocycles. The highest BCUT2D eigenvalue weighted by atomic mass is 16.6. The zero-order chi connectivity index (χ0) is 45.6. The van der Waals surface area contributed by atoms with Crippen LogP contribution in [0.25, 0.3) is 32.7 Å². The molecule has 0 saturated heterocycles. The van der Waals surface area contributed by atoms with Gasteiger partial charge in [0.2, 0.25) is 17.8 Å². The average Bonchev–Trinajstić information content (AvgIpc) is 3.21. The summed E-state index contributed by atoms with van der Waals surface area (Å²) in [4.78, 5) is 69.6. The van der Waals surface area contributed by atoms with Crippen LogP contribution in [0, 0.1) is 0 Å². The normalized spacial score (nSPS) is 16.5. The highest BCUT2D eigenvalue weighted by molar-refractivity contribution is 6.10. The molecule has 2 atom stereocenters. The Labute approximate surface area is 368 Å². The fraction of sp³-hybridized carbons (Fsp3) is 0.417. The molecule has 0 aromatic heterocycles. The van der Waals surface area contributed by atoms with Crippen LogP contribution >= 0.6 is 0 Å². The van der Waals surface area contributed by atoms with Gasteiger partial charge in [-0.1, -0.05) is 72.8 Å². The van der Waals surface area contributed by atoms with E-state index >= 15 is 0 Å². The van der Waals surface area contributed by atoms with Crippen molar-refractivity contribution >= 4 is 57.5 Å². The summed E-state index contributed by atoms with van der Waals surface area (Å²) in [6.45, 7) is 10.7. The molecule has 0 aliphatic carbocycles. The minimum absolute atomic E-state index is 0.0544. The van der Waals surface area contributed by atoms with E-state index < -0.39 is 47.3 Å². The van der Waals surface area contributed by atoms with Crippen molar-refractivity contribution in [2.75, 3.05) is 26.9 Å².